The lowest BCUT2D eigenvalue weighted by Gasteiger charge is -2.11. The van der Waals surface area contributed by atoms with Crippen molar-refractivity contribution in [2.45, 2.75) is 32.6 Å². The highest BCUT2D eigenvalue weighted by atomic mass is 127. The Morgan fingerprint density at radius 2 is 2.10 bits per heavy atom. The molecule has 1 aliphatic carbocycles. The molecule has 0 aromatic heterocycles. The summed E-state index contributed by atoms with van der Waals surface area (Å²) < 4.78 is 1.26. The first kappa shape index (κ1) is 14.8. The number of carbonyl (C=O) groups is 1. The molecular formula is C18H20INO. The Hall–Kier alpha value is -1.10. The SMILES string of the molecule is CC(=O)NCCc1cc(CC2CC2)cc2ccc(I)cc12. The number of hydrogen-bond acceptors (Lipinski definition) is 1. The molecule has 0 bridgehead atoms. The quantitative estimate of drug-likeness (QED) is 0.763. The molecule has 1 saturated carbocycles. The molecule has 1 N–H and O–H groups in total. The minimum Gasteiger partial charge on any atom is -0.356 e. The average molecular weight is 393 g/mol. The molecule has 0 aliphatic heterocycles. The third kappa shape index (κ3) is 3.96. The van der Waals surface area contributed by atoms with Crippen molar-refractivity contribution in [2.75, 3.05) is 6.54 Å². The van der Waals surface area contributed by atoms with Crippen LogP contribution in [0.5, 0.6) is 0 Å². The van der Waals surface area contributed by atoms with E-state index in [0.717, 1.165) is 12.3 Å². The van der Waals surface area contributed by atoms with E-state index in [0.29, 0.717) is 6.54 Å². The Bertz CT molecular complexity index is 676. The predicted octanol–water partition coefficient (Wildman–Crippen LogP) is 4.08. The van der Waals surface area contributed by atoms with Gasteiger partial charge in [-0.15, -0.1) is 0 Å². The van der Waals surface area contributed by atoms with Crippen LogP contribution in [-0.4, -0.2) is 12.5 Å². The van der Waals surface area contributed by atoms with Gasteiger partial charge in [0.25, 0.3) is 0 Å². The summed E-state index contributed by atoms with van der Waals surface area (Å²) in [4.78, 5) is 11.1. The first-order valence-corrected chi connectivity index (χ1v) is 8.65. The Morgan fingerprint density at radius 3 is 2.81 bits per heavy atom. The number of fused-ring (bicyclic) bond motifs is 1. The molecule has 110 valence electrons. The molecule has 0 heterocycles. The largest absolute Gasteiger partial charge is 0.356 e. The monoisotopic (exact) mass is 393 g/mol. The number of benzene rings is 2. The van der Waals surface area contributed by atoms with Crippen molar-refractivity contribution in [2.24, 2.45) is 5.92 Å². The van der Waals surface area contributed by atoms with E-state index in [4.69, 9.17) is 0 Å². The van der Waals surface area contributed by atoms with Gasteiger partial charge < -0.3 is 5.32 Å². The van der Waals surface area contributed by atoms with Gasteiger partial charge in [-0.2, -0.15) is 0 Å². The maximum absolute atomic E-state index is 11.1. The van der Waals surface area contributed by atoms with Crippen LogP contribution in [0.15, 0.2) is 30.3 Å². The fraction of sp³-hybridized carbons (Fsp3) is 0.389. The van der Waals surface area contributed by atoms with E-state index in [-0.39, 0.29) is 5.91 Å². The fourth-order valence-electron chi connectivity index (χ4n) is 2.83. The molecule has 1 amide bonds. The van der Waals surface area contributed by atoms with Gasteiger partial charge in [0.2, 0.25) is 5.91 Å². The average Bonchev–Trinajstić information content (AvgIpc) is 3.23. The predicted molar refractivity (Wildman–Crippen MR) is 95.5 cm³/mol. The van der Waals surface area contributed by atoms with Crippen molar-refractivity contribution in [1.29, 1.82) is 0 Å². The molecule has 0 atom stereocenters. The summed E-state index contributed by atoms with van der Waals surface area (Å²) in [5.74, 6) is 0.942. The molecule has 1 fully saturated rings. The molecule has 2 aromatic rings. The van der Waals surface area contributed by atoms with E-state index < -0.39 is 0 Å². The van der Waals surface area contributed by atoms with Crippen molar-refractivity contribution >= 4 is 39.3 Å². The van der Waals surface area contributed by atoms with Gasteiger partial charge in [0.1, 0.15) is 0 Å². The zero-order valence-electron chi connectivity index (χ0n) is 12.3. The number of amides is 1. The molecule has 21 heavy (non-hydrogen) atoms. The van der Waals surface area contributed by atoms with Gasteiger partial charge in [-0.3, -0.25) is 4.79 Å². The third-order valence-electron chi connectivity index (χ3n) is 4.05. The van der Waals surface area contributed by atoms with Crippen LogP contribution in [0.25, 0.3) is 10.8 Å². The second-order valence-corrected chi connectivity index (χ2v) is 7.25. The minimum absolute atomic E-state index is 0.0445. The highest BCUT2D eigenvalue weighted by Gasteiger charge is 2.21. The van der Waals surface area contributed by atoms with E-state index in [1.54, 1.807) is 6.92 Å². The summed E-state index contributed by atoms with van der Waals surface area (Å²) >= 11 is 2.36. The first-order valence-electron chi connectivity index (χ1n) is 7.57. The van der Waals surface area contributed by atoms with Gasteiger partial charge in [-0.25, -0.2) is 0 Å². The minimum atomic E-state index is 0.0445. The maximum atomic E-state index is 11.1. The van der Waals surface area contributed by atoms with Gasteiger partial charge in [0, 0.05) is 17.0 Å². The lowest BCUT2D eigenvalue weighted by Crippen LogP contribution is -2.22. The van der Waals surface area contributed by atoms with Crippen LogP contribution in [0.3, 0.4) is 0 Å². The van der Waals surface area contributed by atoms with Crippen molar-refractivity contribution in [3.8, 4) is 0 Å². The number of carbonyl (C=O) groups excluding carboxylic acids is 1. The van der Waals surface area contributed by atoms with Crippen molar-refractivity contribution < 1.29 is 4.79 Å². The standard InChI is InChI=1S/C18H20INO/c1-12(21)20-7-6-16-10-14(8-13-2-3-13)9-15-4-5-17(19)11-18(15)16/h4-5,9-11,13H,2-3,6-8H2,1H3,(H,20,21). The van der Waals surface area contributed by atoms with Crippen LogP contribution in [-0.2, 0) is 17.6 Å². The van der Waals surface area contributed by atoms with Crippen LogP contribution in [0.1, 0.15) is 30.9 Å². The number of hydrogen-bond donors (Lipinski definition) is 1. The zero-order valence-corrected chi connectivity index (χ0v) is 14.4. The topological polar surface area (TPSA) is 29.1 Å². The van der Waals surface area contributed by atoms with Crippen molar-refractivity contribution in [3.05, 3.63) is 45.0 Å². The van der Waals surface area contributed by atoms with E-state index in [2.05, 4.69) is 58.2 Å². The van der Waals surface area contributed by atoms with Gasteiger partial charge in [0.05, 0.1) is 0 Å². The highest BCUT2D eigenvalue weighted by molar-refractivity contribution is 14.1. The summed E-state index contributed by atoms with van der Waals surface area (Å²) in [6.45, 7) is 2.29. The molecule has 0 saturated heterocycles. The first-order chi connectivity index (χ1) is 10.1. The van der Waals surface area contributed by atoms with Gasteiger partial charge in [-0.05, 0) is 88.2 Å². The molecule has 2 aromatic carbocycles. The summed E-state index contributed by atoms with van der Waals surface area (Å²) in [5.41, 5.74) is 2.81. The Labute approximate surface area is 139 Å². The molecule has 2 nitrogen and oxygen atoms in total. The van der Waals surface area contributed by atoms with Crippen LogP contribution in [0, 0.1) is 9.49 Å². The molecule has 3 heteroatoms. The van der Waals surface area contributed by atoms with Crippen LogP contribution < -0.4 is 5.32 Å². The van der Waals surface area contributed by atoms with Gasteiger partial charge in [0.15, 0.2) is 0 Å². The lowest BCUT2D eigenvalue weighted by atomic mass is 9.96. The number of nitrogens with one attached hydrogen (secondary N) is 1. The summed E-state index contributed by atoms with van der Waals surface area (Å²) in [5, 5.41) is 5.56. The Morgan fingerprint density at radius 1 is 1.29 bits per heavy atom. The smallest absolute Gasteiger partial charge is 0.216 e. The fourth-order valence-corrected chi connectivity index (χ4v) is 3.32. The Balaban J connectivity index is 1.91. The summed E-state index contributed by atoms with van der Waals surface area (Å²) in [6, 6.07) is 11.3. The normalized spacial score (nSPS) is 14.4. The number of rotatable bonds is 5. The van der Waals surface area contributed by atoms with Crippen LogP contribution in [0.4, 0.5) is 0 Å². The van der Waals surface area contributed by atoms with Crippen LogP contribution >= 0.6 is 22.6 Å². The summed E-state index contributed by atoms with van der Waals surface area (Å²) in [7, 11) is 0. The van der Waals surface area contributed by atoms with Crippen molar-refractivity contribution in [3.63, 3.8) is 0 Å². The van der Waals surface area contributed by atoms with E-state index in [1.165, 1.54) is 44.7 Å². The zero-order chi connectivity index (χ0) is 14.8. The van der Waals surface area contributed by atoms with Crippen molar-refractivity contribution in [1.82, 2.24) is 5.32 Å². The second-order valence-electron chi connectivity index (χ2n) is 6.00. The lowest BCUT2D eigenvalue weighted by molar-refractivity contribution is -0.118. The van der Waals surface area contributed by atoms with E-state index >= 15 is 0 Å². The molecular weight excluding hydrogens is 373 g/mol. The molecule has 0 radical (unpaired) electrons. The Kier molecular flexibility index (Phi) is 4.48. The molecule has 3 rings (SSSR count). The van der Waals surface area contributed by atoms with Crippen LogP contribution in [0.2, 0.25) is 0 Å². The molecule has 1 aliphatic rings. The third-order valence-corrected chi connectivity index (χ3v) is 4.72. The van der Waals surface area contributed by atoms with Gasteiger partial charge >= 0.3 is 0 Å². The highest BCUT2D eigenvalue weighted by Crippen LogP contribution is 2.34. The maximum Gasteiger partial charge on any atom is 0.216 e. The second kappa shape index (κ2) is 6.34. The number of halogens is 1. The van der Waals surface area contributed by atoms with E-state index in [9.17, 15) is 4.79 Å². The van der Waals surface area contributed by atoms with E-state index in [1.807, 2.05) is 0 Å². The molecule has 0 spiro atoms. The summed E-state index contributed by atoms with van der Waals surface area (Å²) in [6.07, 6.45) is 4.86. The van der Waals surface area contributed by atoms with Gasteiger partial charge in [-0.1, -0.05) is 18.2 Å². The molecule has 0 unspecified atom stereocenters.